The first kappa shape index (κ1) is 13.1. The molecule has 0 saturated carbocycles. The number of aryl methyl sites for hydroxylation is 2. The fraction of sp³-hybridized carbons (Fsp3) is 0.143. The van der Waals surface area contributed by atoms with Gasteiger partial charge in [0.25, 0.3) is 0 Å². The van der Waals surface area contributed by atoms with Crippen LogP contribution < -0.4 is 7.22 Å². The second-order valence-corrected chi connectivity index (χ2v) is 7.45. The Hall–Kier alpha value is -1.37. The second kappa shape index (κ2) is 5.51. The standard InChI is InChI=1S/C14H13NO2Te/c1-10-6-11(2)8-14(7-10)18-13-5-3-4-12(9-13)15(16)17/h3-9H,1-2H3. The van der Waals surface area contributed by atoms with E-state index in [1.165, 1.54) is 20.8 Å². The van der Waals surface area contributed by atoms with Crippen LogP contribution in [-0.4, -0.2) is 25.8 Å². The number of nitrogens with zero attached hydrogens (tertiary/aromatic N) is 1. The van der Waals surface area contributed by atoms with Crippen LogP contribution in [0.5, 0.6) is 0 Å². The van der Waals surface area contributed by atoms with Crippen LogP contribution in [0.1, 0.15) is 11.1 Å². The summed E-state index contributed by atoms with van der Waals surface area (Å²) in [4.78, 5) is 10.4. The normalized spacial score (nSPS) is 10.3. The van der Waals surface area contributed by atoms with E-state index < -0.39 is 20.9 Å². The van der Waals surface area contributed by atoms with Crippen molar-refractivity contribution in [3.8, 4) is 0 Å². The molecular formula is C14H13NO2Te. The average molecular weight is 355 g/mol. The molecule has 0 unspecified atom stereocenters. The van der Waals surface area contributed by atoms with Crippen molar-refractivity contribution >= 4 is 33.8 Å². The Morgan fingerprint density at radius 1 is 1.00 bits per heavy atom. The van der Waals surface area contributed by atoms with Crippen LogP contribution in [0.15, 0.2) is 42.5 Å². The summed E-state index contributed by atoms with van der Waals surface area (Å²) in [5.74, 6) is 0. The minimum atomic E-state index is -0.548. The molecule has 0 N–H and O–H groups in total. The van der Waals surface area contributed by atoms with Crippen LogP contribution in [0.3, 0.4) is 0 Å². The maximum absolute atomic E-state index is 10.7. The van der Waals surface area contributed by atoms with Crippen molar-refractivity contribution in [1.82, 2.24) is 0 Å². The van der Waals surface area contributed by atoms with E-state index in [4.69, 9.17) is 0 Å². The van der Waals surface area contributed by atoms with Crippen LogP contribution in [0.2, 0.25) is 0 Å². The first-order valence-electron chi connectivity index (χ1n) is 5.55. The van der Waals surface area contributed by atoms with Gasteiger partial charge in [0.1, 0.15) is 0 Å². The van der Waals surface area contributed by atoms with Crippen LogP contribution in [0.25, 0.3) is 0 Å². The fourth-order valence-electron chi connectivity index (χ4n) is 1.79. The third-order valence-electron chi connectivity index (χ3n) is 2.46. The van der Waals surface area contributed by atoms with E-state index >= 15 is 0 Å². The molecule has 0 aliphatic carbocycles. The first-order valence-corrected chi connectivity index (χ1v) is 7.88. The Balaban J connectivity index is 2.28. The molecule has 0 radical (unpaired) electrons. The van der Waals surface area contributed by atoms with E-state index in [0.29, 0.717) is 0 Å². The molecular weight excluding hydrogens is 342 g/mol. The van der Waals surface area contributed by atoms with Crippen LogP contribution in [0, 0.1) is 24.0 Å². The van der Waals surface area contributed by atoms with Gasteiger partial charge in [-0.2, -0.15) is 0 Å². The van der Waals surface area contributed by atoms with Crippen molar-refractivity contribution in [2.75, 3.05) is 0 Å². The van der Waals surface area contributed by atoms with Gasteiger partial charge in [0, 0.05) is 0 Å². The average Bonchev–Trinajstić information content (AvgIpc) is 2.27. The molecule has 3 nitrogen and oxygen atoms in total. The van der Waals surface area contributed by atoms with Gasteiger partial charge in [-0.3, -0.25) is 0 Å². The molecule has 0 atom stereocenters. The molecule has 18 heavy (non-hydrogen) atoms. The molecule has 0 spiro atoms. The van der Waals surface area contributed by atoms with Crippen molar-refractivity contribution in [1.29, 1.82) is 0 Å². The molecule has 2 aromatic rings. The molecule has 2 rings (SSSR count). The Morgan fingerprint density at radius 2 is 1.67 bits per heavy atom. The topological polar surface area (TPSA) is 43.1 Å². The van der Waals surface area contributed by atoms with E-state index in [-0.39, 0.29) is 10.6 Å². The third kappa shape index (κ3) is 3.32. The van der Waals surface area contributed by atoms with Gasteiger partial charge < -0.3 is 0 Å². The van der Waals surface area contributed by atoms with E-state index in [9.17, 15) is 10.1 Å². The van der Waals surface area contributed by atoms with Crippen molar-refractivity contribution < 1.29 is 4.92 Å². The van der Waals surface area contributed by atoms with Gasteiger partial charge in [-0.1, -0.05) is 0 Å². The number of hydrogen-bond donors (Lipinski definition) is 0. The van der Waals surface area contributed by atoms with Crippen LogP contribution in [-0.2, 0) is 0 Å². The molecule has 0 aliphatic rings. The van der Waals surface area contributed by atoms with Crippen molar-refractivity contribution in [3.63, 3.8) is 0 Å². The third-order valence-corrected chi connectivity index (χ3v) is 5.20. The molecule has 0 heterocycles. The fourth-order valence-corrected chi connectivity index (χ4v) is 4.89. The molecule has 0 fully saturated rings. The monoisotopic (exact) mass is 357 g/mol. The van der Waals surface area contributed by atoms with Gasteiger partial charge in [-0.05, 0) is 0 Å². The Bertz CT molecular complexity index is 576. The van der Waals surface area contributed by atoms with Crippen LogP contribution in [0.4, 0.5) is 5.69 Å². The second-order valence-electron chi connectivity index (χ2n) is 4.18. The predicted molar refractivity (Wildman–Crippen MR) is 74.0 cm³/mol. The summed E-state index contributed by atoms with van der Waals surface area (Å²) in [6.45, 7) is 4.16. The van der Waals surface area contributed by atoms with Gasteiger partial charge in [-0.25, -0.2) is 0 Å². The molecule has 0 bridgehead atoms. The van der Waals surface area contributed by atoms with E-state index in [0.717, 1.165) is 3.61 Å². The van der Waals surface area contributed by atoms with Gasteiger partial charge in [0.2, 0.25) is 0 Å². The molecule has 0 aliphatic heterocycles. The Morgan fingerprint density at radius 3 is 2.28 bits per heavy atom. The van der Waals surface area contributed by atoms with Crippen molar-refractivity contribution in [2.24, 2.45) is 0 Å². The molecule has 4 heteroatoms. The van der Waals surface area contributed by atoms with Gasteiger partial charge in [0.05, 0.1) is 0 Å². The number of rotatable bonds is 3. The molecule has 92 valence electrons. The zero-order chi connectivity index (χ0) is 13.1. The summed E-state index contributed by atoms with van der Waals surface area (Å²) in [5.41, 5.74) is 2.68. The summed E-state index contributed by atoms with van der Waals surface area (Å²) >= 11 is -0.548. The van der Waals surface area contributed by atoms with Crippen molar-refractivity contribution in [2.45, 2.75) is 13.8 Å². The van der Waals surface area contributed by atoms with Gasteiger partial charge >= 0.3 is 116 Å². The molecule has 0 saturated heterocycles. The summed E-state index contributed by atoms with van der Waals surface area (Å²) in [6.07, 6.45) is 0. The Kier molecular flexibility index (Phi) is 4.00. The first-order chi connectivity index (χ1) is 8.54. The quantitative estimate of drug-likeness (QED) is 0.480. The number of benzene rings is 2. The number of hydrogen-bond acceptors (Lipinski definition) is 2. The summed E-state index contributed by atoms with van der Waals surface area (Å²) < 4.78 is 2.41. The SMILES string of the molecule is Cc1cc(C)cc([Te]c2cccc([N+](=O)[O-])c2)c1. The summed E-state index contributed by atoms with van der Waals surface area (Å²) in [7, 11) is 0. The summed E-state index contributed by atoms with van der Waals surface area (Å²) in [5, 5.41) is 10.7. The molecule has 0 amide bonds. The van der Waals surface area contributed by atoms with E-state index in [1.807, 2.05) is 6.07 Å². The zero-order valence-electron chi connectivity index (χ0n) is 10.2. The molecule has 0 aromatic heterocycles. The van der Waals surface area contributed by atoms with Crippen molar-refractivity contribution in [3.05, 3.63) is 63.7 Å². The predicted octanol–water partition coefficient (Wildman–Crippen LogP) is 1.87. The minimum absolute atomic E-state index is 0.182. The number of nitro groups is 1. The number of non-ortho nitro benzene ring substituents is 1. The van der Waals surface area contributed by atoms with E-state index in [2.05, 4.69) is 32.0 Å². The van der Waals surface area contributed by atoms with Gasteiger partial charge in [-0.15, -0.1) is 0 Å². The van der Waals surface area contributed by atoms with Crippen LogP contribution >= 0.6 is 0 Å². The zero-order valence-corrected chi connectivity index (χ0v) is 12.5. The van der Waals surface area contributed by atoms with Gasteiger partial charge in [0.15, 0.2) is 0 Å². The maximum atomic E-state index is 10.7. The van der Waals surface area contributed by atoms with E-state index in [1.54, 1.807) is 12.1 Å². The summed E-state index contributed by atoms with van der Waals surface area (Å²) in [6, 6.07) is 13.5. The Labute approximate surface area is 116 Å². The number of nitro benzene ring substituents is 1. The molecule has 2 aromatic carbocycles.